The van der Waals surface area contributed by atoms with Gasteiger partial charge in [0.1, 0.15) is 11.6 Å². The summed E-state index contributed by atoms with van der Waals surface area (Å²) in [6.45, 7) is 1.91. The third-order valence-electron chi connectivity index (χ3n) is 4.39. The molecule has 138 valence electrons. The first-order chi connectivity index (χ1) is 13.5. The zero-order chi connectivity index (χ0) is 19.8. The molecule has 0 amide bonds. The topological polar surface area (TPSA) is 67.4 Å². The van der Waals surface area contributed by atoms with E-state index in [4.69, 9.17) is 27.9 Å². The summed E-state index contributed by atoms with van der Waals surface area (Å²) in [5.41, 5.74) is 3.45. The molecule has 0 aliphatic heterocycles. The highest BCUT2D eigenvalue weighted by Crippen LogP contribution is 2.35. The lowest BCUT2D eigenvalue weighted by atomic mass is 10.0. The largest absolute Gasteiger partial charge is 0.462 e. The van der Waals surface area contributed by atoms with Crippen LogP contribution < -0.4 is 0 Å². The number of imidazole rings is 1. The summed E-state index contributed by atoms with van der Waals surface area (Å²) in [5.74, 6) is -0.583. The van der Waals surface area contributed by atoms with Gasteiger partial charge in [0.25, 0.3) is 0 Å². The van der Waals surface area contributed by atoms with Gasteiger partial charge in [0.2, 0.25) is 0 Å². The van der Waals surface area contributed by atoms with Gasteiger partial charge in [-0.2, -0.15) is 5.26 Å². The van der Waals surface area contributed by atoms with Crippen molar-refractivity contribution in [1.29, 1.82) is 5.26 Å². The van der Waals surface area contributed by atoms with Crippen molar-refractivity contribution in [2.24, 2.45) is 0 Å². The van der Waals surface area contributed by atoms with E-state index >= 15 is 0 Å². The number of benzene rings is 2. The maximum atomic E-state index is 12.5. The number of carbonyl (C=O) groups is 1. The Morgan fingerprint density at radius 2 is 2.00 bits per heavy atom. The number of hydrogen-bond acceptors (Lipinski definition) is 4. The summed E-state index contributed by atoms with van der Waals surface area (Å²) >= 11 is 12.5. The number of halogens is 2. The number of ether oxygens (including phenoxy) is 1. The van der Waals surface area contributed by atoms with Gasteiger partial charge in [-0.1, -0.05) is 35.3 Å². The van der Waals surface area contributed by atoms with Gasteiger partial charge in [-0.25, -0.2) is 9.78 Å². The Morgan fingerprint density at radius 3 is 2.71 bits per heavy atom. The van der Waals surface area contributed by atoms with Crippen molar-refractivity contribution >= 4 is 45.9 Å². The lowest BCUT2D eigenvalue weighted by Crippen LogP contribution is -2.10. The minimum Gasteiger partial charge on any atom is -0.462 e. The second kappa shape index (κ2) is 7.16. The van der Waals surface area contributed by atoms with Gasteiger partial charge in [0.15, 0.2) is 5.65 Å². The molecule has 0 atom stereocenters. The number of nitriles is 1. The maximum absolute atomic E-state index is 12.5. The number of rotatable bonds is 3. The van der Waals surface area contributed by atoms with Crippen LogP contribution in [0.3, 0.4) is 0 Å². The van der Waals surface area contributed by atoms with E-state index in [0.29, 0.717) is 32.5 Å². The van der Waals surface area contributed by atoms with Gasteiger partial charge in [-0.15, -0.1) is 0 Å². The van der Waals surface area contributed by atoms with Crippen LogP contribution in [0.15, 0.2) is 48.5 Å². The van der Waals surface area contributed by atoms with Crippen LogP contribution in [0.25, 0.3) is 27.9 Å². The number of nitrogens with zero attached hydrogens (tertiary/aromatic N) is 3. The second-order valence-corrected chi connectivity index (χ2v) is 6.88. The molecular formula is C21H13Cl2N3O2. The average molecular weight is 410 g/mol. The number of pyridine rings is 1. The van der Waals surface area contributed by atoms with Crippen molar-refractivity contribution in [2.45, 2.75) is 6.92 Å². The maximum Gasteiger partial charge on any atom is 0.339 e. The molecule has 7 heteroatoms. The molecule has 5 nitrogen and oxygen atoms in total. The van der Waals surface area contributed by atoms with Crippen molar-refractivity contribution in [3.8, 4) is 17.3 Å². The Balaban J connectivity index is 2.18. The first-order valence-corrected chi connectivity index (χ1v) is 9.27. The first-order valence-electron chi connectivity index (χ1n) is 8.52. The third kappa shape index (κ3) is 2.88. The quantitative estimate of drug-likeness (QED) is 0.418. The SMILES string of the molecule is CCOC(=O)c1cc(-c2ccc(Cl)cc2Cl)n2c(nc3ccccc32)c1C#N. The van der Waals surface area contributed by atoms with Crippen molar-refractivity contribution in [3.05, 3.63) is 69.7 Å². The van der Waals surface area contributed by atoms with Gasteiger partial charge < -0.3 is 4.74 Å². The number of carbonyl (C=O) groups excluding carboxylic acids is 1. The van der Waals surface area contributed by atoms with Gasteiger partial charge in [0, 0.05) is 10.6 Å². The fourth-order valence-corrected chi connectivity index (χ4v) is 3.71. The van der Waals surface area contributed by atoms with Crippen LogP contribution in [-0.2, 0) is 4.74 Å². The lowest BCUT2D eigenvalue weighted by molar-refractivity contribution is 0.0526. The normalized spacial score (nSPS) is 10.9. The summed E-state index contributed by atoms with van der Waals surface area (Å²) in [6, 6.07) is 16.3. The standard InChI is InChI=1S/C21H13Cl2N3O2/c1-2-28-21(27)14-10-19(13-8-7-12(22)9-16(13)23)26-18-6-4-3-5-17(18)25-20(26)15(14)11-24/h3-10H,2H2,1H3. The van der Waals surface area contributed by atoms with Crippen LogP contribution in [0.4, 0.5) is 0 Å². The molecule has 0 aliphatic rings. The Kier molecular flexibility index (Phi) is 4.68. The second-order valence-electron chi connectivity index (χ2n) is 6.03. The van der Waals surface area contributed by atoms with Crippen LogP contribution in [0, 0.1) is 11.3 Å². The van der Waals surface area contributed by atoms with Crippen LogP contribution in [0.5, 0.6) is 0 Å². The van der Waals surface area contributed by atoms with Gasteiger partial charge in [-0.05, 0) is 43.3 Å². The molecule has 4 aromatic rings. The number of fused-ring (bicyclic) bond motifs is 3. The molecule has 0 aliphatic carbocycles. The fraction of sp³-hybridized carbons (Fsp3) is 0.0952. The number of esters is 1. The lowest BCUT2D eigenvalue weighted by Gasteiger charge is -2.13. The van der Waals surface area contributed by atoms with E-state index in [1.54, 1.807) is 31.2 Å². The molecule has 0 N–H and O–H groups in total. The Bertz CT molecular complexity index is 1290. The zero-order valence-electron chi connectivity index (χ0n) is 14.7. The summed E-state index contributed by atoms with van der Waals surface area (Å²) < 4.78 is 6.98. The van der Waals surface area contributed by atoms with Crippen molar-refractivity contribution in [2.75, 3.05) is 6.61 Å². The van der Waals surface area contributed by atoms with Crippen molar-refractivity contribution < 1.29 is 9.53 Å². The molecule has 28 heavy (non-hydrogen) atoms. The molecule has 0 radical (unpaired) electrons. The molecule has 0 fully saturated rings. The fourth-order valence-electron chi connectivity index (χ4n) is 3.21. The van der Waals surface area contributed by atoms with E-state index in [1.807, 2.05) is 28.7 Å². The predicted octanol–water partition coefficient (Wildman–Crippen LogP) is 5.51. The third-order valence-corrected chi connectivity index (χ3v) is 4.94. The highest BCUT2D eigenvalue weighted by Gasteiger charge is 2.23. The molecular weight excluding hydrogens is 397 g/mol. The monoisotopic (exact) mass is 409 g/mol. The highest BCUT2D eigenvalue weighted by atomic mass is 35.5. The van der Waals surface area contributed by atoms with E-state index < -0.39 is 5.97 Å². The minimum atomic E-state index is -0.583. The summed E-state index contributed by atoms with van der Waals surface area (Å²) in [6.07, 6.45) is 0. The molecule has 0 saturated heterocycles. The average Bonchev–Trinajstić information content (AvgIpc) is 3.06. The summed E-state index contributed by atoms with van der Waals surface area (Å²) in [5, 5.41) is 10.7. The molecule has 0 bridgehead atoms. The molecule has 4 rings (SSSR count). The van der Waals surface area contributed by atoms with E-state index in [2.05, 4.69) is 11.1 Å². The summed E-state index contributed by atoms with van der Waals surface area (Å²) in [4.78, 5) is 17.1. The van der Waals surface area contributed by atoms with E-state index in [-0.39, 0.29) is 17.7 Å². The highest BCUT2D eigenvalue weighted by molar-refractivity contribution is 6.36. The van der Waals surface area contributed by atoms with Crippen molar-refractivity contribution in [3.63, 3.8) is 0 Å². The van der Waals surface area contributed by atoms with Crippen LogP contribution in [0.1, 0.15) is 22.8 Å². The molecule has 2 heterocycles. The van der Waals surface area contributed by atoms with Gasteiger partial charge >= 0.3 is 5.97 Å². The Hall–Kier alpha value is -3.07. The van der Waals surface area contributed by atoms with Gasteiger partial charge in [-0.3, -0.25) is 4.40 Å². The minimum absolute atomic E-state index is 0.146. The number of hydrogen-bond donors (Lipinski definition) is 0. The van der Waals surface area contributed by atoms with E-state index in [0.717, 1.165) is 5.52 Å². The van der Waals surface area contributed by atoms with Gasteiger partial charge in [0.05, 0.1) is 33.9 Å². The Labute approximate surface area is 170 Å². The molecule has 2 aromatic carbocycles. The molecule has 0 spiro atoms. The van der Waals surface area contributed by atoms with E-state index in [9.17, 15) is 10.1 Å². The smallest absolute Gasteiger partial charge is 0.339 e. The molecule has 2 aromatic heterocycles. The van der Waals surface area contributed by atoms with E-state index in [1.165, 1.54) is 0 Å². The Morgan fingerprint density at radius 1 is 1.21 bits per heavy atom. The van der Waals surface area contributed by atoms with Crippen LogP contribution in [-0.4, -0.2) is 22.0 Å². The predicted molar refractivity (Wildman–Crippen MR) is 109 cm³/mol. The van der Waals surface area contributed by atoms with Crippen molar-refractivity contribution in [1.82, 2.24) is 9.38 Å². The first kappa shape index (κ1) is 18.3. The molecule has 0 saturated carbocycles. The van der Waals surface area contributed by atoms with Crippen LogP contribution >= 0.6 is 23.2 Å². The number of para-hydroxylation sites is 2. The summed E-state index contributed by atoms with van der Waals surface area (Å²) in [7, 11) is 0. The number of aromatic nitrogens is 2. The zero-order valence-corrected chi connectivity index (χ0v) is 16.3. The molecule has 0 unspecified atom stereocenters. The van der Waals surface area contributed by atoms with Crippen LogP contribution in [0.2, 0.25) is 10.0 Å².